The summed E-state index contributed by atoms with van der Waals surface area (Å²) in [7, 11) is 1.38. The minimum Gasteiger partial charge on any atom is -0.494 e. The maximum Gasteiger partial charge on any atom is 0.280 e. The SMILES string of the molecule is CCC[C@@H]1CCC(Oc2ccn(-c3cc(-c4cc(C(F)F)ncc4OC)c(C(=O)Nc4ncc(C#CC5CC5)s4)cn3)c(=O)c2)C1. The van der Waals surface area contributed by atoms with Crippen LogP contribution in [0.1, 0.15) is 79.2 Å². The number of thiazole rings is 1. The summed E-state index contributed by atoms with van der Waals surface area (Å²) in [6, 6.07) is 5.76. The number of hydrogen-bond donors (Lipinski definition) is 1. The van der Waals surface area contributed by atoms with Gasteiger partial charge in [-0.3, -0.25) is 24.5 Å². The van der Waals surface area contributed by atoms with Gasteiger partial charge < -0.3 is 9.47 Å². The van der Waals surface area contributed by atoms with Crippen LogP contribution in [-0.2, 0) is 0 Å². The first kappa shape index (κ1) is 31.4. The molecular weight excluding hydrogens is 612 g/mol. The van der Waals surface area contributed by atoms with Gasteiger partial charge in [0.2, 0.25) is 0 Å². The lowest BCUT2D eigenvalue weighted by atomic mass is 10.00. The number of amides is 1. The lowest BCUT2D eigenvalue weighted by molar-refractivity contribution is 0.102. The maximum absolute atomic E-state index is 13.7. The van der Waals surface area contributed by atoms with Gasteiger partial charge in [-0.2, -0.15) is 0 Å². The Labute approximate surface area is 269 Å². The molecule has 0 spiro atoms. The van der Waals surface area contributed by atoms with Gasteiger partial charge in [0, 0.05) is 35.5 Å². The van der Waals surface area contributed by atoms with E-state index >= 15 is 0 Å². The van der Waals surface area contributed by atoms with Crippen LogP contribution in [-0.4, -0.2) is 38.6 Å². The highest BCUT2D eigenvalue weighted by Crippen LogP contribution is 2.36. The van der Waals surface area contributed by atoms with Gasteiger partial charge in [0.05, 0.1) is 36.0 Å². The maximum atomic E-state index is 13.7. The smallest absolute Gasteiger partial charge is 0.280 e. The summed E-state index contributed by atoms with van der Waals surface area (Å²) >= 11 is 1.23. The summed E-state index contributed by atoms with van der Waals surface area (Å²) in [6.07, 6.45) is 10.4. The molecule has 2 saturated carbocycles. The summed E-state index contributed by atoms with van der Waals surface area (Å²) in [4.78, 5) is 40.0. The van der Waals surface area contributed by atoms with Crippen LogP contribution in [0.25, 0.3) is 16.9 Å². The molecule has 0 radical (unpaired) electrons. The number of aromatic nitrogens is 4. The molecule has 2 fully saturated rings. The second kappa shape index (κ2) is 13.8. The van der Waals surface area contributed by atoms with Crippen molar-refractivity contribution >= 4 is 22.4 Å². The van der Waals surface area contributed by atoms with E-state index in [1.165, 1.54) is 60.0 Å². The van der Waals surface area contributed by atoms with E-state index in [-0.39, 0.29) is 34.4 Å². The standard InChI is InChI=1S/C34H33F2N5O4S/c1-3-4-21-7-9-22(13-21)45-23-11-12-41(31(42)14-23)30-16-25(26-15-28(32(35)36)37-19-29(26)44-2)27(18-38-30)33(43)40-34-39-17-24(46-34)10-8-20-5-6-20/h11-12,14-22,32H,3-7,9,13H2,1-2H3,(H,39,40,43)/t21-,22?/m1/s1. The summed E-state index contributed by atoms with van der Waals surface area (Å²) in [6.45, 7) is 2.18. The predicted octanol–water partition coefficient (Wildman–Crippen LogP) is 7.06. The third-order valence-corrected chi connectivity index (χ3v) is 8.92. The van der Waals surface area contributed by atoms with Crippen molar-refractivity contribution in [3.63, 3.8) is 0 Å². The minimum absolute atomic E-state index is 0.0603. The van der Waals surface area contributed by atoms with Gasteiger partial charge in [-0.05, 0) is 56.2 Å². The third-order valence-electron chi connectivity index (χ3n) is 8.09. The van der Waals surface area contributed by atoms with Gasteiger partial charge >= 0.3 is 0 Å². The van der Waals surface area contributed by atoms with Crippen molar-refractivity contribution in [1.29, 1.82) is 0 Å². The Kier molecular flexibility index (Phi) is 9.40. The van der Waals surface area contributed by atoms with Crippen LogP contribution in [0.4, 0.5) is 13.9 Å². The van der Waals surface area contributed by atoms with Crippen molar-refractivity contribution in [2.75, 3.05) is 12.4 Å². The number of nitrogens with one attached hydrogen (secondary N) is 1. The molecule has 2 atom stereocenters. The van der Waals surface area contributed by atoms with Gasteiger partial charge in [0.25, 0.3) is 17.9 Å². The number of ether oxygens (including phenoxy) is 2. The highest BCUT2D eigenvalue weighted by Gasteiger charge is 2.26. The Balaban J connectivity index is 1.33. The molecule has 1 amide bonds. The monoisotopic (exact) mass is 645 g/mol. The molecule has 2 aliphatic carbocycles. The number of nitrogens with zero attached hydrogens (tertiary/aromatic N) is 4. The van der Waals surface area contributed by atoms with E-state index in [9.17, 15) is 18.4 Å². The highest BCUT2D eigenvalue weighted by atomic mass is 32.1. The molecule has 46 heavy (non-hydrogen) atoms. The fourth-order valence-corrected chi connectivity index (χ4v) is 6.28. The van der Waals surface area contributed by atoms with Crippen molar-refractivity contribution in [3.8, 4) is 40.3 Å². The first-order valence-corrected chi connectivity index (χ1v) is 16.1. The van der Waals surface area contributed by atoms with E-state index in [2.05, 4.69) is 39.0 Å². The first-order chi connectivity index (χ1) is 22.3. The molecular formula is C34H33F2N5O4S. The molecule has 9 nitrogen and oxygen atoms in total. The van der Waals surface area contributed by atoms with Crippen molar-refractivity contribution in [1.82, 2.24) is 19.5 Å². The molecule has 0 aromatic carbocycles. The molecule has 0 saturated heterocycles. The lowest BCUT2D eigenvalue weighted by Gasteiger charge is -2.16. The number of alkyl halides is 2. The zero-order valence-corrected chi connectivity index (χ0v) is 26.3. The van der Waals surface area contributed by atoms with E-state index in [1.54, 1.807) is 18.5 Å². The number of halogens is 2. The number of anilines is 1. The van der Waals surface area contributed by atoms with Crippen molar-refractivity contribution < 1.29 is 23.0 Å². The molecule has 1 N–H and O–H groups in total. The average molecular weight is 646 g/mol. The van der Waals surface area contributed by atoms with Gasteiger partial charge in [-0.25, -0.2) is 18.7 Å². The Morgan fingerprint density at radius 2 is 1.96 bits per heavy atom. The van der Waals surface area contributed by atoms with E-state index in [4.69, 9.17) is 9.47 Å². The Morgan fingerprint density at radius 3 is 2.70 bits per heavy atom. The minimum atomic E-state index is -2.86. The van der Waals surface area contributed by atoms with Crippen molar-refractivity contribution in [2.45, 2.75) is 64.4 Å². The molecule has 0 aliphatic heterocycles. The summed E-state index contributed by atoms with van der Waals surface area (Å²) in [5.74, 6) is 7.54. The Morgan fingerprint density at radius 1 is 1.11 bits per heavy atom. The number of hydrogen-bond acceptors (Lipinski definition) is 8. The van der Waals surface area contributed by atoms with Crippen LogP contribution in [0, 0.1) is 23.7 Å². The van der Waals surface area contributed by atoms with Gasteiger partial charge in [0.1, 0.15) is 23.0 Å². The van der Waals surface area contributed by atoms with Crippen molar-refractivity contribution in [3.05, 3.63) is 75.5 Å². The molecule has 0 bridgehead atoms. The van der Waals surface area contributed by atoms with Gasteiger partial charge in [-0.15, -0.1) is 0 Å². The quantitative estimate of drug-likeness (QED) is 0.184. The van der Waals surface area contributed by atoms with Crippen LogP contribution in [0.5, 0.6) is 11.5 Å². The van der Waals surface area contributed by atoms with Gasteiger partial charge in [-0.1, -0.05) is 42.9 Å². The van der Waals surface area contributed by atoms with Crippen LogP contribution in [0.3, 0.4) is 0 Å². The number of carbonyl (C=O) groups is 1. The third kappa shape index (κ3) is 7.26. The van der Waals surface area contributed by atoms with Crippen LogP contribution in [0.15, 0.2) is 53.8 Å². The lowest BCUT2D eigenvalue weighted by Crippen LogP contribution is -2.21. The second-order valence-electron chi connectivity index (χ2n) is 11.5. The zero-order valence-electron chi connectivity index (χ0n) is 25.5. The molecule has 1 unspecified atom stereocenters. The largest absolute Gasteiger partial charge is 0.494 e. The number of carbonyl (C=O) groups excluding carboxylic acids is 1. The van der Waals surface area contributed by atoms with Crippen LogP contribution >= 0.6 is 11.3 Å². The predicted molar refractivity (Wildman–Crippen MR) is 171 cm³/mol. The Bertz CT molecular complexity index is 1860. The summed E-state index contributed by atoms with van der Waals surface area (Å²) < 4.78 is 40.3. The van der Waals surface area contributed by atoms with Crippen LogP contribution in [0.2, 0.25) is 0 Å². The summed E-state index contributed by atoms with van der Waals surface area (Å²) in [5.41, 5.74) is -0.424. The van der Waals surface area contributed by atoms with Gasteiger partial charge in [0.15, 0.2) is 5.13 Å². The second-order valence-corrected chi connectivity index (χ2v) is 12.5. The van der Waals surface area contributed by atoms with E-state index in [0.717, 1.165) is 38.5 Å². The molecule has 4 aromatic heterocycles. The molecule has 4 heterocycles. The van der Waals surface area contributed by atoms with E-state index < -0.39 is 23.6 Å². The topological polar surface area (TPSA) is 108 Å². The molecule has 238 valence electrons. The molecule has 12 heteroatoms. The molecule has 2 aliphatic rings. The Hall–Kier alpha value is -4.63. The van der Waals surface area contributed by atoms with E-state index in [0.29, 0.717) is 27.6 Å². The number of pyridine rings is 3. The normalized spacial score (nSPS) is 17.4. The average Bonchev–Trinajstić information content (AvgIpc) is 3.61. The van der Waals surface area contributed by atoms with E-state index in [1.807, 2.05) is 0 Å². The highest BCUT2D eigenvalue weighted by molar-refractivity contribution is 7.16. The fourth-order valence-electron chi connectivity index (χ4n) is 5.61. The zero-order chi connectivity index (χ0) is 32.2. The number of rotatable bonds is 10. The summed E-state index contributed by atoms with van der Waals surface area (Å²) in [5, 5.41) is 3.09. The molecule has 6 rings (SSSR count). The molecule has 4 aromatic rings. The first-order valence-electron chi connectivity index (χ1n) is 15.3. The van der Waals surface area contributed by atoms with Crippen LogP contribution < -0.4 is 20.3 Å². The van der Waals surface area contributed by atoms with Crippen molar-refractivity contribution in [2.24, 2.45) is 11.8 Å². The number of methoxy groups -OCH3 is 1. The fraction of sp³-hybridized carbons (Fsp3) is 0.382.